The van der Waals surface area contributed by atoms with Crippen LogP contribution in [0.25, 0.3) is 0 Å². The fourth-order valence-electron chi connectivity index (χ4n) is 2.19. The normalized spacial score (nSPS) is 15.8. The quantitative estimate of drug-likeness (QED) is 0.689. The van der Waals surface area contributed by atoms with Crippen molar-refractivity contribution in [1.82, 2.24) is 4.90 Å². The molecule has 0 saturated carbocycles. The highest BCUT2D eigenvalue weighted by Crippen LogP contribution is 2.38. The number of halogens is 2. The lowest BCUT2D eigenvalue weighted by molar-refractivity contribution is 0.218. The molecule has 1 N–H and O–H groups in total. The number of hydrogen-bond donors (Lipinski definition) is 1. The van der Waals surface area contributed by atoms with E-state index < -0.39 is 0 Å². The summed E-state index contributed by atoms with van der Waals surface area (Å²) in [6, 6.07) is 10.3. The number of nitrogens with one attached hydrogen (secondary N) is 1. The average Bonchev–Trinajstić information content (AvgIpc) is 2.85. The van der Waals surface area contributed by atoms with Crippen LogP contribution in [0, 0.1) is 0 Å². The Bertz CT molecular complexity index is 671. The highest BCUT2D eigenvalue weighted by Gasteiger charge is 2.21. The molecule has 6 heteroatoms. The molecule has 3 nitrogen and oxygen atoms in total. The summed E-state index contributed by atoms with van der Waals surface area (Å²) in [6.45, 7) is 0.642. The van der Waals surface area contributed by atoms with Gasteiger partial charge in [0.05, 0.1) is 8.61 Å². The first-order valence-electron chi connectivity index (χ1n) is 6.09. The number of carbonyl (C=O) groups is 1. The molecule has 1 unspecified atom stereocenters. The van der Waals surface area contributed by atoms with Gasteiger partial charge in [-0.1, -0.05) is 28.1 Å². The van der Waals surface area contributed by atoms with Crippen molar-refractivity contribution in [3.05, 3.63) is 50.1 Å². The number of thiophene rings is 1. The monoisotopic (exact) mass is 414 g/mol. The third kappa shape index (κ3) is 2.64. The zero-order chi connectivity index (χ0) is 14.3. The zero-order valence-corrected chi connectivity index (χ0v) is 14.7. The van der Waals surface area contributed by atoms with Gasteiger partial charge in [0, 0.05) is 24.2 Å². The third-order valence-corrected chi connectivity index (χ3v) is 6.28. The smallest absolute Gasteiger partial charge is 0.321 e. The van der Waals surface area contributed by atoms with Crippen LogP contribution in [-0.4, -0.2) is 18.0 Å². The number of nitrogens with zero attached hydrogens (tertiary/aromatic N) is 1. The molecule has 1 aliphatic rings. The van der Waals surface area contributed by atoms with E-state index in [9.17, 15) is 4.79 Å². The van der Waals surface area contributed by atoms with Crippen molar-refractivity contribution >= 4 is 54.9 Å². The first kappa shape index (κ1) is 14.1. The van der Waals surface area contributed by atoms with Crippen molar-refractivity contribution in [3.8, 4) is 0 Å². The Morgan fingerprint density at radius 1 is 1.35 bits per heavy atom. The van der Waals surface area contributed by atoms with Crippen LogP contribution in [0.15, 0.2) is 34.1 Å². The van der Waals surface area contributed by atoms with E-state index in [-0.39, 0.29) is 10.9 Å². The molecule has 0 radical (unpaired) electrons. The van der Waals surface area contributed by atoms with Crippen molar-refractivity contribution in [2.24, 2.45) is 0 Å². The van der Waals surface area contributed by atoms with Gasteiger partial charge >= 0.3 is 6.03 Å². The Kier molecular flexibility index (Phi) is 3.88. The molecule has 1 aliphatic heterocycles. The fraction of sp³-hybridized carbons (Fsp3) is 0.214. The van der Waals surface area contributed by atoms with E-state index in [0.717, 1.165) is 15.0 Å². The lowest BCUT2D eigenvalue weighted by Crippen LogP contribution is -2.35. The number of carbonyl (C=O) groups excluding carboxylic acids is 1. The Labute approximate surface area is 138 Å². The number of urea groups is 1. The molecule has 0 spiro atoms. The molecule has 20 heavy (non-hydrogen) atoms. The first-order chi connectivity index (χ1) is 9.54. The van der Waals surface area contributed by atoms with Gasteiger partial charge in [-0.05, 0) is 45.3 Å². The Morgan fingerprint density at radius 2 is 2.15 bits per heavy atom. The summed E-state index contributed by atoms with van der Waals surface area (Å²) < 4.78 is 1.13. The highest BCUT2D eigenvalue weighted by molar-refractivity contribution is 9.11. The number of amides is 2. The van der Waals surface area contributed by atoms with Gasteiger partial charge in [-0.3, -0.25) is 0 Å². The molecular weight excluding hydrogens is 404 g/mol. The van der Waals surface area contributed by atoms with Crippen molar-refractivity contribution < 1.29 is 4.79 Å². The van der Waals surface area contributed by atoms with Crippen LogP contribution in [0.4, 0.5) is 10.5 Å². The summed E-state index contributed by atoms with van der Waals surface area (Å²) in [7, 11) is 1.80. The van der Waals surface area contributed by atoms with Crippen LogP contribution < -0.4 is 5.32 Å². The van der Waals surface area contributed by atoms with Crippen molar-refractivity contribution in [2.45, 2.75) is 11.4 Å². The molecule has 0 aliphatic carbocycles. The lowest BCUT2D eigenvalue weighted by Gasteiger charge is -2.26. The van der Waals surface area contributed by atoms with Crippen LogP contribution in [0.2, 0.25) is 0 Å². The Morgan fingerprint density at radius 3 is 2.85 bits per heavy atom. The number of fused-ring (bicyclic) bond motifs is 1. The lowest BCUT2D eigenvalue weighted by atomic mass is 10.0. The van der Waals surface area contributed by atoms with Gasteiger partial charge in [0.15, 0.2) is 0 Å². The summed E-state index contributed by atoms with van der Waals surface area (Å²) in [5.41, 5.74) is 3.25. The molecule has 104 valence electrons. The molecule has 2 aromatic rings. The summed E-state index contributed by atoms with van der Waals surface area (Å²) in [6.07, 6.45) is 0. The number of anilines is 1. The first-order valence-corrected chi connectivity index (χ1v) is 8.61. The molecule has 0 bridgehead atoms. The second-order valence-electron chi connectivity index (χ2n) is 4.71. The van der Waals surface area contributed by atoms with E-state index in [4.69, 9.17) is 0 Å². The number of alkyl halides is 1. The van der Waals surface area contributed by atoms with E-state index in [2.05, 4.69) is 61.4 Å². The Balaban J connectivity index is 1.92. The largest absolute Gasteiger partial charge is 0.323 e. The summed E-state index contributed by atoms with van der Waals surface area (Å²) in [5.74, 6) is 0. The summed E-state index contributed by atoms with van der Waals surface area (Å²) >= 11 is 8.96. The van der Waals surface area contributed by atoms with Crippen LogP contribution >= 0.6 is 43.2 Å². The molecule has 1 aromatic heterocycles. The summed E-state index contributed by atoms with van der Waals surface area (Å²) in [4.78, 5) is 14.7. The van der Waals surface area contributed by atoms with E-state index in [1.807, 2.05) is 6.07 Å². The van der Waals surface area contributed by atoms with Crippen LogP contribution in [-0.2, 0) is 6.54 Å². The number of rotatable bonds is 2. The molecular formula is C14H12Br2N2OS. The standard InChI is InChI=1S/C14H12Br2N2OS/c1-18-7-9-6-8(2-3-10(9)17-14(18)19)13(16)11-4-5-12(15)20-11/h2-6,13H,7H2,1H3,(H,17,19). The predicted molar refractivity (Wildman–Crippen MR) is 89.7 cm³/mol. The van der Waals surface area contributed by atoms with Gasteiger partial charge in [0.25, 0.3) is 0 Å². The van der Waals surface area contributed by atoms with Crippen molar-refractivity contribution in [2.75, 3.05) is 12.4 Å². The minimum atomic E-state index is -0.0529. The van der Waals surface area contributed by atoms with Crippen LogP contribution in [0.5, 0.6) is 0 Å². The molecule has 1 aromatic carbocycles. The summed E-state index contributed by atoms with van der Waals surface area (Å²) in [5, 5.41) is 2.89. The molecule has 2 amide bonds. The predicted octanol–water partition coefficient (Wildman–Crippen LogP) is 4.97. The Hall–Kier alpha value is -0.850. The fourth-order valence-corrected chi connectivity index (χ4v) is 4.34. The maximum Gasteiger partial charge on any atom is 0.321 e. The van der Waals surface area contributed by atoms with E-state index >= 15 is 0 Å². The third-order valence-electron chi connectivity index (χ3n) is 3.26. The maximum absolute atomic E-state index is 11.6. The van der Waals surface area contributed by atoms with E-state index in [0.29, 0.717) is 6.54 Å². The van der Waals surface area contributed by atoms with Gasteiger partial charge in [-0.25, -0.2) is 4.79 Å². The molecule has 2 heterocycles. The zero-order valence-electron chi connectivity index (χ0n) is 10.7. The van der Waals surface area contributed by atoms with E-state index in [1.54, 1.807) is 23.3 Å². The number of benzene rings is 1. The maximum atomic E-state index is 11.6. The van der Waals surface area contributed by atoms with Crippen LogP contribution in [0.3, 0.4) is 0 Å². The number of hydrogen-bond acceptors (Lipinski definition) is 2. The minimum Gasteiger partial charge on any atom is -0.323 e. The minimum absolute atomic E-state index is 0.0529. The topological polar surface area (TPSA) is 32.3 Å². The molecule has 0 fully saturated rings. The molecule has 0 saturated heterocycles. The van der Waals surface area contributed by atoms with Gasteiger partial charge in [-0.2, -0.15) is 0 Å². The van der Waals surface area contributed by atoms with Crippen LogP contribution in [0.1, 0.15) is 20.8 Å². The molecule has 1 atom stereocenters. The van der Waals surface area contributed by atoms with Gasteiger partial charge < -0.3 is 10.2 Å². The molecule has 3 rings (SSSR count). The second kappa shape index (κ2) is 5.50. The van der Waals surface area contributed by atoms with Gasteiger partial charge in [0.1, 0.15) is 0 Å². The van der Waals surface area contributed by atoms with Crippen molar-refractivity contribution in [1.29, 1.82) is 0 Å². The van der Waals surface area contributed by atoms with E-state index in [1.165, 1.54) is 10.4 Å². The van der Waals surface area contributed by atoms with Gasteiger partial charge in [-0.15, -0.1) is 11.3 Å². The van der Waals surface area contributed by atoms with Crippen molar-refractivity contribution in [3.63, 3.8) is 0 Å². The average molecular weight is 416 g/mol. The SMILES string of the molecule is CN1Cc2cc(C(Br)c3ccc(Br)s3)ccc2NC1=O. The van der Waals surface area contributed by atoms with Gasteiger partial charge in [0.2, 0.25) is 0 Å². The highest BCUT2D eigenvalue weighted by atomic mass is 79.9. The second-order valence-corrected chi connectivity index (χ2v) is 8.12.